The van der Waals surface area contributed by atoms with E-state index in [1.165, 1.54) is 37.7 Å². The van der Waals surface area contributed by atoms with Gasteiger partial charge >= 0.3 is 0 Å². The predicted molar refractivity (Wildman–Crippen MR) is 113 cm³/mol. The van der Waals surface area contributed by atoms with Crippen LogP contribution in [-0.4, -0.2) is 28.9 Å². The molecule has 162 valence electrons. The number of ketones is 1. The van der Waals surface area contributed by atoms with Crippen LogP contribution < -0.4 is 9.64 Å². The minimum atomic E-state index is -1.20. The Morgan fingerprint density at radius 3 is 2.59 bits per heavy atom. The van der Waals surface area contributed by atoms with Crippen molar-refractivity contribution in [2.45, 2.75) is 6.04 Å². The fourth-order valence-corrected chi connectivity index (χ4v) is 3.77. The number of nitrogens with zero attached hydrogens (tertiary/aromatic N) is 2. The molecule has 0 radical (unpaired) electrons. The van der Waals surface area contributed by atoms with Gasteiger partial charge in [-0.15, -0.1) is 0 Å². The third-order valence-electron chi connectivity index (χ3n) is 5.04. The number of benzene rings is 2. The van der Waals surface area contributed by atoms with Crippen LogP contribution in [0.4, 0.5) is 14.5 Å². The number of anilines is 1. The highest BCUT2D eigenvalue weighted by molar-refractivity contribution is 6.51. The first-order valence-corrected chi connectivity index (χ1v) is 9.71. The SMILES string of the molecule is COc1cc(/C(O)=C2\C(=O)C(=O)N(c3ccc(F)cc3F)C2c2cccnc2)ccc1Cl. The Morgan fingerprint density at radius 2 is 1.94 bits per heavy atom. The van der Waals surface area contributed by atoms with Crippen molar-refractivity contribution in [1.29, 1.82) is 0 Å². The molecule has 2 heterocycles. The number of hydrogen-bond donors (Lipinski definition) is 1. The second-order valence-corrected chi connectivity index (χ2v) is 7.31. The van der Waals surface area contributed by atoms with E-state index in [0.717, 1.165) is 17.0 Å². The fourth-order valence-electron chi connectivity index (χ4n) is 3.57. The lowest BCUT2D eigenvalue weighted by atomic mass is 9.96. The number of aliphatic hydroxyl groups is 1. The lowest BCUT2D eigenvalue weighted by Crippen LogP contribution is -2.30. The van der Waals surface area contributed by atoms with Crippen LogP contribution in [0, 0.1) is 11.6 Å². The molecule has 0 bridgehead atoms. The molecule has 1 fully saturated rings. The first-order valence-electron chi connectivity index (χ1n) is 9.33. The zero-order valence-electron chi connectivity index (χ0n) is 16.6. The molecule has 6 nitrogen and oxygen atoms in total. The van der Waals surface area contributed by atoms with Crippen LogP contribution in [-0.2, 0) is 9.59 Å². The van der Waals surface area contributed by atoms with Crippen LogP contribution in [0.15, 0.2) is 66.5 Å². The summed E-state index contributed by atoms with van der Waals surface area (Å²) in [5.41, 5.74) is -0.0817. The van der Waals surface area contributed by atoms with Crippen molar-refractivity contribution in [2.75, 3.05) is 12.0 Å². The van der Waals surface area contributed by atoms with Crippen molar-refractivity contribution in [1.82, 2.24) is 4.98 Å². The van der Waals surface area contributed by atoms with E-state index in [1.807, 2.05) is 0 Å². The van der Waals surface area contributed by atoms with Crippen LogP contribution >= 0.6 is 11.6 Å². The Morgan fingerprint density at radius 1 is 1.16 bits per heavy atom. The van der Waals surface area contributed by atoms with Crippen molar-refractivity contribution >= 4 is 34.7 Å². The third-order valence-corrected chi connectivity index (χ3v) is 5.35. The van der Waals surface area contributed by atoms with Crippen LogP contribution in [0.3, 0.4) is 0 Å². The van der Waals surface area contributed by atoms with Crippen molar-refractivity contribution < 1.29 is 28.2 Å². The van der Waals surface area contributed by atoms with E-state index in [9.17, 15) is 23.5 Å². The molecular weight excluding hydrogens is 442 g/mol. The molecule has 2 aromatic carbocycles. The summed E-state index contributed by atoms with van der Waals surface area (Å²) in [4.78, 5) is 30.8. The quantitative estimate of drug-likeness (QED) is 0.351. The van der Waals surface area contributed by atoms with E-state index in [1.54, 1.807) is 12.1 Å². The normalized spacial score (nSPS) is 17.6. The highest BCUT2D eigenvalue weighted by Crippen LogP contribution is 2.43. The van der Waals surface area contributed by atoms with E-state index in [4.69, 9.17) is 16.3 Å². The zero-order chi connectivity index (χ0) is 23.0. The van der Waals surface area contributed by atoms with Gasteiger partial charge in [-0.1, -0.05) is 17.7 Å². The largest absolute Gasteiger partial charge is 0.507 e. The molecule has 1 saturated heterocycles. The molecule has 0 saturated carbocycles. The minimum absolute atomic E-state index is 0.165. The van der Waals surface area contributed by atoms with Gasteiger partial charge in [0.25, 0.3) is 11.7 Å². The topological polar surface area (TPSA) is 79.7 Å². The highest BCUT2D eigenvalue weighted by atomic mass is 35.5. The number of aromatic nitrogens is 1. The van der Waals surface area contributed by atoms with Gasteiger partial charge in [-0.3, -0.25) is 19.5 Å². The summed E-state index contributed by atoms with van der Waals surface area (Å²) < 4.78 is 33.2. The maximum absolute atomic E-state index is 14.6. The minimum Gasteiger partial charge on any atom is -0.507 e. The molecule has 3 aromatic rings. The highest BCUT2D eigenvalue weighted by Gasteiger charge is 2.47. The molecule has 9 heteroatoms. The van der Waals surface area contributed by atoms with Crippen LogP contribution in [0.1, 0.15) is 17.2 Å². The average molecular weight is 457 g/mol. The number of amides is 1. The molecule has 32 heavy (non-hydrogen) atoms. The summed E-state index contributed by atoms with van der Waals surface area (Å²) >= 11 is 6.04. The Labute approximate surface area is 186 Å². The first kappa shape index (κ1) is 21.5. The molecule has 1 atom stereocenters. The van der Waals surface area contributed by atoms with Crippen molar-refractivity contribution in [3.8, 4) is 5.75 Å². The summed E-state index contributed by atoms with van der Waals surface area (Å²) in [6.45, 7) is 0. The van der Waals surface area contributed by atoms with Gasteiger partial charge in [-0.25, -0.2) is 8.78 Å². The van der Waals surface area contributed by atoms with E-state index in [-0.39, 0.29) is 27.6 Å². The van der Waals surface area contributed by atoms with Gasteiger partial charge in [0.2, 0.25) is 0 Å². The van der Waals surface area contributed by atoms with Gasteiger partial charge in [-0.2, -0.15) is 0 Å². The monoisotopic (exact) mass is 456 g/mol. The second-order valence-electron chi connectivity index (χ2n) is 6.90. The predicted octanol–water partition coefficient (Wildman–Crippen LogP) is 4.65. The molecule has 0 aliphatic carbocycles. The van der Waals surface area contributed by atoms with E-state index in [2.05, 4.69) is 4.98 Å². The van der Waals surface area contributed by atoms with Gasteiger partial charge in [0, 0.05) is 24.0 Å². The molecule has 1 unspecified atom stereocenters. The van der Waals surface area contributed by atoms with Gasteiger partial charge in [0.1, 0.15) is 23.1 Å². The number of carbonyl (C=O) groups is 2. The number of methoxy groups -OCH3 is 1. The summed E-state index contributed by atoms with van der Waals surface area (Å²) in [6, 6.07) is 8.91. The number of Topliss-reactive ketones (excluding diaryl/α,β-unsaturated/α-hetero) is 1. The zero-order valence-corrected chi connectivity index (χ0v) is 17.3. The lowest BCUT2D eigenvalue weighted by Gasteiger charge is -2.25. The van der Waals surface area contributed by atoms with Crippen LogP contribution in [0.25, 0.3) is 5.76 Å². The summed E-state index contributed by atoms with van der Waals surface area (Å²) in [5, 5.41) is 11.3. The van der Waals surface area contributed by atoms with Crippen molar-refractivity contribution in [2.24, 2.45) is 0 Å². The maximum Gasteiger partial charge on any atom is 0.300 e. The smallest absolute Gasteiger partial charge is 0.300 e. The lowest BCUT2D eigenvalue weighted by molar-refractivity contribution is -0.132. The van der Waals surface area contributed by atoms with E-state index >= 15 is 0 Å². The molecule has 1 amide bonds. The number of halogens is 3. The van der Waals surface area contributed by atoms with Crippen molar-refractivity contribution in [3.63, 3.8) is 0 Å². The number of hydrogen-bond acceptors (Lipinski definition) is 5. The number of pyridine rings is 1. The van der Waals surface area contributed by atoms with Gasteiger partial charge in [-0.05, 0) is 42.0 Å². The molecule has 1 aliphatic rings. The number of carbonyl (C=O) groups excluding carboxylic acids is 2. The Kier molecular flexibility index (Phi) is 5.63. The molecule has 1 aromatic heterocycles. The number of rotatable bonds is 4. The number of aliphatic hydroxyl groups excluding tert-OH is 1. The summed E-state index contributed by atoms with van der Waals surface area (Å²) in [6.07, 6.45) is 2.87. The van der Waals surface area contributed by atoms with Crippen molar-refractivity contribution in [3.05, 3.63) is 94.3 Å². The Balaban J connectivity index is 1.96. The molecule has 1 N–H and O–H groups in total. The van der Waals surface area contributed by atoms with E-state index in [0.29, 0.717) is 11.6 Å². The fraction of sp³-hybridized carbons (Fsp3) is 0.0870. The molecule has 1 aliphatic heterocycles. The average Bonchev–Trinajstić information content (AvgIpc) is 3.05. The Hall–Kier alpha value is -3.78. The third kappa shape index (κ3) is 3.58. The van der Waals surface area contributed by atoms with Crippen LogP contribution in [0.2, 0.25) is 5.02 Å². The van der Waals surface area contributed by atoms with E-state index < -0.39 is 35.1 Å². The van der Waals surface area contributed by atoms with Gasteiger partial charge in [0.05, 0.1) is 29.4 Å². The van der Waals surface area contributed by atoms with Gasteiger partial charge < -0.3 is 9.84 Å². The molecule has 0 spiro atoms. The maximum atomic E-state index is 14.6. The number of ether oxygens (including phenoxy) is 1. The summed E-state index contributed by atoms with van der Waals surface area (Å²) in [5.74, 6) is -4.24. The molecular formula is C23H15ClF2N2O4. The standard InChI is InChI=1S/C23H15ClF2N2O4/c1-32-18-9-12(4-6-15(18)24)21(29)19-20(13-3-2-8-27-11-13)28(23(31)22(19)30)17-7-5-14(25)10-16(17)26/h2-11,20,29H,1H3/b21-19+. The first-order chi connectivity index (χ1) is 15.3. The van der Waals surface area contributed by atoms with Crippen LogP contribution in [0.5, 0.6) is 5.75 Å². The molecule has 4 rings (SSSR count). The Bertz CT molecular complexity index is 1260. The second kappa shape index (κ2) is 8.39. The summed E-state index contributed by atoms with van der Waals surface area (Å²) in [7, 11) is 1.39. The van der Waals surface area contributed by atoms with Gasteiger partial charge in [0.15, 0.2) is 0 Å².